The fraction of sp³-hybridized carbons (Fsp3) is 0.269. The van der Waals surface area contributed by atoms with Gasteiger partial charge in [-0.2, -0.15) is 4.98 Å². The molecule has 1 aliphatic rings. The molecule has 0 saturated carbocycles. The maximum Gasteiger partial charge on any atom is 0.338 e. The van der Waals surface area contributed by atoms with Gasteiger partial charge in [0, 0.05) is 12.1 Å². The zero-order valence-corrected chi connectivity index (χ0v) is 20.4. The first kappa shape index (κ1) is 25.4. The third-order valence-corrected chi connectivity index (χ3v) is 5.75. The number of benzene rings is 2. The molecule has 3 aromatic rings. The van der Waals surface area contributed by atoms with Crippen molar-refractivity contribution >= 4 is 40.9 Å². The topological polar surface area (TPSA) is 152 Å². The Kier molecular flexibility index (Phi) is 7.82. The van der Waals surface area contributed by atoms with E-state index in [2.05, 4.69) is 25.9 Å². The number of H-pyrrole nitrogens is 1. The fourth-order valence-corrected chi connectivity index (χ4v) is 3.84. The number of hydrogen-bond donors (Lipinski definition) is 4. The van der Waals surface area contributed by atoms with E-state index < -0.39 is 29.3 Å². The highest BCUT2D eigenvalue weighted by Gasteiger charge is 2.35. The summed E-state index contributed by atoms with van der Waals surface area (Å²) in [5.74, 6) is -1.88. The Labute approximate surface area is 212 Å². The van der Waals surface area contributed by atoms with Crippen molar-refractivity contribution in [1.82, 2.24) is 9.97 Å². The van der Waals surface area contributed by atoms with Crippen LogP contribution in [-0.4, -0.2) is 41.5 Å². The lowest BCUT2D eigenvalue weighted by Crippen LogP contribution is -2.36. The second-order valence-corrected chi connectivity index (χ2v) is 8.36. The lowest BCUT2D eigenvalue weighted by Gasteiger charge is -2.23. The molecule has 1 unspecified atom stereocenters. The molecular weight excluding hydrogens is 478 g/mol. The molecule has 2 aromatic carbocycles. The average Bonchev–Trinajstić information content (AvgIpc) is 2.88. The zero-order valence-electron chi connectivity index (χ0n) is 20.4. The molecule has 0 radical (unpaired) electrons. The normalized spacial score (nSPS) is 14.2. The van der Waals surface area contributed by atoms with E-state index in [-0.39, 0.29) is 23.8 Å². The second-order valence-electron chi connectivity index (χ2n) is 8.36. The zero-order chi connectivity index (χ0) is 26.4. The lowest BCUT2D eigenvalue weighted by atomic mass is 9.92. The summed E-state index contributed by atoms with van der Waals surface area (Å²) in [6.45, 7) is 2.34. The molecule has 37 heavy (non-hydrogen) atoms. The van der Waals surface area contributed by atoms with E-state index in [1.807, 2.05) is 6.92 Å². The van der Waals surface area contributed by atoms with E-state index in [4.69, 9.17) is 9.47 Å². The van der Waals surface area contributed by atoms with Crippen molar-refractivity contribution in [2.45, 2.75) is 32.1 Å². The van der Waals surface area contributed by atoms with Crippen LogP contribution in [-0.2, 0) is 14.3 Å². The number of methoxy groups -OCH3 is 1. The quantitative estimate of drug-likeness (QED) is 0.255. The first-order valence-electron chi connectivity index (χ1n) is 11.8. The molecule has 11 nitrogen and oxygen atoms in total. The molecule has 192 valence electrons. The van der Waals surface area contributed by atoms with Gasteiger partial charge in [-0.25, -0.2) is 4.79 Å². The number of nitrogens with zero attached hydrogens (tertiary/aromatic N) is 1. The molecule has 4 rings (SSSR count). The van der Waals surface area contributed by atoms with Gasteiger partial charge in [0.25, 0.3) is 5.56 Å². The minimum Gasteiger partial charge on any atom is -0.495 e. The Morgan fingerprint density at radius 3 is 2.59 bits per heavy atom. The van der Waals surface area contributed by atoms with E-state index >= 15 is 0 Å². The largest absolute Gasteiger partial charge is 0.495 e. The van der Waals surface area contributed by atoms with Crippen LogP contribution in [0.1, 0.15) is 48.0 Å². The summed E-state index contributed by atoms with van der Waals surface area (Å²) in [5, 5.41) is 8.24. The number of rotatable bonds is 9. The summed E-state index contributed by atoms with van der Waals surface area (Å²) in [7, 11) is 1.51. The first-order valence-corrected chi connectivity index (χ1v) is 11.8. The number of aromatic nitrogens is 2. The molecular formula is C26H27N5O6. The van der Waals surface area contributed by atoms with Gasteiger partial charge >= 0.3 is 5.97 Å². The van der Waals surface area contributed by atoms with Crippen LogP contribution in [0.3, 0.4) is 0 Å². The lowest BCUT2D eigenvalue weighted by molar-refractivity contribution is -0.123. The van der Waals surface area contributed by atoms with Crippen molar-refractivity contribution in [3.8, 4) is 5.75 Å². The predicted octanol–water partition coefficient (Wildman–Crippen LogP) is 3.54. The highest BCUT2D eigenvalue weighted by atomic mass is 16.5. The van der Waals surface area contributed by atoms with E-state index in [0.717, 1.165) is 12.8 Å². The van der Waals surface area contributed by atoms with Crippen molar-refractivity contribution in [1.29, 1.82) is 0 Å². The minimum atomic E-state index is -1.06. The second kappa shape index (κ2) is 11.4. The standard InChI is InChI=1S/C26H27N5O6/c1-3-4-13-37-25(35)15-9-11-16(12-10-15)27-23(33)17-14-20(32)29-22-21(17)24(34)31-26(30-22)28-18-7-5-6-8-19(18)36-2/h5-12,17H,3-4,13-14H2,1-2H3,(H,27,33)(H3,28,29,30,31,32,34). The summed E-state index contributed by atoms with van der Waals surface area (Å²) in [6.07, 6.45) is 1.48. The van der Waals surface area contributed by atoms with Crippen LogP contribution < -0.4 is 26.2 Å². The average molecular weight is 506 g/mol. The van der Waals surface area contributed by atoms with Gasteiger partial charge in [0.2, 0.25) is 17.8 Å². The van der Waals surface area contributed by atoms with Crippen molar-refractivity contribution in [2.24, 2.45) is 0 Å². The fourth-order valence-electron chi connectivity index (χ4n) is 3.84. The molecule has 0 bridgehead atoms. The van der Waals surface area contributed by atoms with Crippen molar-refractivity contribution in [3.05, 3.63) is 70.0 Å². The summed E-state index contributed by atoms with van der Waals surface area (Å²) in [6, 6.07) is 13.2. The number of para-hydroxylation sites is 2. The molecule has 2 amide bonds. The predicted molar refractivity (Wildman–Crippen MR) is 137 cm³/mol. The van der Waals surface area contributed by atoms with Gasteiger partial charge in [0.05, 0.1) is 36.4 Å². The molecule has 1 aromatic heterocycles. The van der Waals surface area contributed by atoms with Gasteiger partial charge in [0.1, 0.15) is 11.6 Å². The summed E-state index contributed by atoms with van der Waals surface area (Å²) < 4.78 is 10.5. The molecule has 0 saturated heterocycles. The number of unbranched alkanes of at least 4 members (excludes halogenated alkanes) is 1. The van der Waals surface area contributed by atoms with Crippen LogP contribution in [0.2, 0.25) is 0 Å². The van der Waals surface area contributed by atoms with Gasteiger partial charge in [-0.05, 0) is 42.8 Å². The Bertz CT molecular complexity index is 1370. The van der Waals surface area contributed by atoms with Crippen molar-refractivity contribution in [2.75, 3.05) is 29.7 Å². The van der Waals surface area contributed by atoms with E-state index in [1.165, 1.54) is 19.2 Å². The molecule has 0 fully saturated rings. The number of amides is 2. The maximum atomic E-state index is 13.1. The SMILES string of the molecule is CCCCOC(=O)c1ccc(NC(=O)C2CC(=O)Nc3nc(Nc4ccccc4OC)[nH]c(=O)c32)cc1. The molecule has 1 atom stereocenters. The summed E-state index contributed by atoms with van der Waals surface area (Å²) in [4.78, 5) is 57.4. The van der Waals surface area contributed by atoms with Crippen LogP contribution in [0.25, 0.3) is 0 Å². The highest BCUT2D eigenvalue weighted by Crippen LogP contribution is 2.31. The number of carbonyl (C=O) groups excluding carboxylic acids is 3. The summed E-state index contributed by atoms with van der Waals surface area (Å²) >= 11 is 0. The molecule has 0 aliphatic carbocycles. The van der Waals surface area contributed by atoms with Gasteiger partial charge < -0.3 is 25.4 Å². The third kappa shape index (κ3) is 5.95. The van der Waals surface area contributed by atoms with Crippen molar-refractivity contribution < 1.29 is 23.9 Å². The van der Waals surface area contributed by atoms with Gasteiger partial charge in [0.15, 0.2) is 0 Å². The number of nitrogens with one attached hydrogen (secondary N) is 4. The molecule has 4 N–H and O–H groups in total. The Morgan fingerprint density at radius 2 is 1.86 bits per heavy atom. The molecule has 1 aliphatic heterocycles. The summed E-state index contributed by atoms with van der Waals surface area (Å²) in [5.41, 5.74) is 0.808. The monoisotopic (exact) mass is 505 g/mol. The van der Waals surface area contributed by atoms with E-state index in [1.54, 1.807) is 36.4 Å². The Balaban J connectivity index is 1.51. The Morgan fingerprint density at radius 1 is 1.11 bits per heavy atom. The Hall–Kier alpha value is -4.67. The number of fused-ring (bicyclic) bond motifs is 1. The molecule has 0 spiro atoms. The van der Waals surface area contributed by atoms with Gasteiger partial charge in [-0.15, -0.1) is 0 Å². The third-order valence-electron chi connectivity index (χ3n) is 5.75. The van der Waals surface area contributed by atoms with Crippen LogP contribution in [0.15, 0.2) is 53.3 Å². The number of esters is 1. The number of aromatic amines is 1. The van der Waals surface area contributed by atoms with Crippen LogP contribution in [0, 0.1) is 0 Å². The minimum absolute atomic E-state index is 0.00252. The van der Waals surface area contributed by atoms with E-state index in [9.17, 15) is 19.2 Å². The van der Waals surface area contributed by atoms with Gasteiger partial charge in [-0.1, -0.05) is 25.5 Å². The molecule has 11 heteroatoms. The van der Waals surface area contributed by atoms with Crippen LogP contribution in [0.4, 0.5) is 23.1 Å². The number of anilines is 4. The number of ether oxygens (including phenoxy) is 2. The smallest absolute Gasteiger partial charge is 0.338 e. The highest BCUT2D eigenvalue weighted by molar-refractivity contribution is 6.04. The van der Waals surface area contributed by atoms with Crippen LogP contribution in [0.5, 0.6) is 5.75 Å². The maximum absolute atomic E-state index is 13.1. The first-order chi connectivity index (χ1) is 17.9. The van der Waals surface area contributed by atoms with Gasteiger partial charge in [-0.3, -0.25) is 19.4 Å². The number of hydrogen-bond acceptors (Lipinski definition) is 8. The van der Waals surface area contributed by atoms with Crippen LogP contribution >= 0.6 is 0 Å². The number of carbonyl (C=O) groups is 3. The van der Waals surface area contributed by atoms with E-state index in [0.29, 0.717) is 29.3 Å². The molecule has 2 heterocycles. The van der Waals surface area contributed by atoms with Crippen molar-refractivity contribution in [3.63, 3.8) is 0 Å².